The maximum Gasteiger partial charge on any atom is 0.333 e. The van der Waals surface area contributed by atoms with Crippen molar-refractivity contribution in [1.29, 1.82) is 0 Å². The van der Waals surface area contributed by atoms with E-state index in [4.69, 9.17) is 0 Å². The molecule has 1 aromatic rings. The fourth-order valence-corrected chi connectivity index (χ4v) is 5.74. The molecule has 7 nitrogen and oxygen atoms in total. The van der Waals surface area contributed by atoms with E-state index in [1.54, 1.807) is 0 Å². The van der Waals surface area contributed by atoms with E-state index in [1.807, 2.05) is 47.4 Å². The van der Waals surface area contributed by atoms with Gasteiger partial charge in [-0.25, -0.2) is 14.8 Å². The van der Waals surface area contributed by atoms with Crippen molar-refractivity contribution in [2.24, 2.45) is 11.8 Å². The van der Waals surface area contributed by atoms with E-state index in [9.17, 15) is 9.59 Å². The molecule has 1 N–H and O–H groups in total. The van der Waals surface area contributed by atoms with Crippen molar-refractivity contribution in [3.05, 3.63) is 35.9 Å². The van der Waals surface area contributed by atoms with Crippen LogP contribution in [0, 0.1) is 11.8 Å². The number of urea groups is 1. The summed E-state index contributed by atoms with van der Waals surface area (Å²) in [4.78, 5) is 31.4. The highest BCUT2D eigenvalue weighted by Crippen LogP contribution is 2.31. The van der Waals surface area contributed by atoms with Gasteiger partial charge < -0.3 is 10.2 Å². The van der Waals surface area contributed by atoms with Gasteiger partial charge in [0.15, 0.2) is 0 Å². The van der Waals surface area contributed by atoms with Crippen LogP contribution in [0.15, 0.2) is 30.3 Å². The van der Waals surface area contributed by atoms with Gasteiger partial charge in [0.2, 0.25) is 5.91 Å². The number of fused-ring (bicyclic) bond motifs is 1. The van der Waals surface area contributed by atoms with Gasteiger partial charge in [0, 0.05) is 33.2 Å². The van der Waals surface area contributed by atoms with Crippen LogP contribution in [-0.4, -0.2) is 77.2 Å². The molecule has 1 saturated carbocycles. The molecular weight excluding hydrogens is 414 g/mol. The largest absolute Gasteiger partial charge is 0.338 e. The lowest BCUT2D eigenvalue weighted by molar-refractivity contribution is -0.176. The van der Waals surface area contributed by atoms with Gasteiger partial charge in [0.1, 0.15) is 6.17 Å². The summed E-state index contributed by atoms with van der Waals surface area (Å²) in [5.74, 6) is 1.28. The van der Waals surface area contributed by atoms with E-state index in [1.165, 1.54) is 32.1 Å². The van der Waals surface area contributed by atoms with Crippen molar-refractivity contribution in [2.75, 3.05) is 33.2 Å². The maximum atomic E-state index is 13.6. The molecule has 7 heteroatoms. The summed E-state index contributed by atoms with van der Waals surface area (Å²) in [7, 11) is 1.98. The van der Waals surface area contributed by atoms with E-state index in [0.29, 0.717) is 24.9 Å². The fourth-order valence-electron chi connectivity index (χ4n) is 5.74. The summed E-state index contributed by atoms with van der Waals surface area (Å²) in [6.07, 6.45) is 7.01. The highest BCUT2D eigenvalue weighted by Gasteiger charge is 2.47. The smallest absolute Gasteiger partial charge is 0.333 e. The van der Waals surface area contributed by atoms with E-state index in [0.717, 1.165) is 31.6 Å². The third-order valence-corrected chi connectivity index (χ3v) is 7.49. The molecule has 4 rings (SSSR count). The molecule has 3 aliphatic rings. The van der Waals surface area contributed by atoms with Gasteiger partial charge in [0.05, 0.1) is 12.6 Å². The molecule has 1 aromatic carbocycles. The molecule has 0 spiro atoms. The molecule has 33 heavy (non-hydrogen) atoms. The zero-order valence-electron chi connectivity index (χ0n) is 20.6. The Hall–Kier alpha value is -2.12. The second-order valence-corrected chi connectivity index (χ2v) is 10.5. The number of rotatable bonds is 6. The zero-order chi connectivity index (χ0) is 23.4. The fraction of sp³-hybridized carbons (Fsp3) is 0.692. The van der Waals surface area contributed by atoms with E-state index in [2.05, 4.69) is 29.0 Å². The van der Waals surface area contributed by atoms with Crippen LogP contribution in [0.4, 0.5) is 4.79 Å². The average molecular weight is 456 g/mol. The molecule has 2 heterocycles. The Morgan fingerprint density at radius 3 is 2.52 bits per heavy atom. The number of carbonyl (C=O) groups excluding carboxylic acids is 2. The van der Waals surface area contributed by atoms with Crippen LogP contribution in [0.1, 0.15) is 57.9 Å². The molecule has 0 radical (unpaired) electrons. The number of hydrazine groups is 1. The summed E-state index contributed by atoms with van der Waals surface area (Å²) in [5.41, 5.74) is 1.08. The van der Waals surface area contributed by atoms with Gasteiger partial charge in [-0.2, -0.15) is 0 Å². The highest BCUT2D eigenvalue weighted by atomic mass is 16.2. The molecule has 0 unspecified atom stereocenters. The first kappa shape index (κ1) is 24.0. The minimum atomic E-state index is -0.148. The molecule has 2 aliphatic heterocycles. The average Bonchev–Trinajstić information content (AvgIpc) is 2.81. The topological polar surface area (TPSA) is 59.1 Å². The molecule has 3 amide bonds. The molecule has 1 aliphatic carbocycles. The maximum absolute atomic E-state index is 13.6. The molecule has 0 aromatic heterocycles. The molecule has 182 valence electrons. The molecule has 2 saturated heterocycles. The number of nitrogens with one attached hydrogen (secondary N) is 1. The minimum absolute atomic E-state index is 0.0914. The predicted octanol–water partition coefficient (Wildman–Crippen LogP) is 3.52. The number of nitrogens with zero attached hydrogens (tertiary/aromatic N) is 4. The van der Waals surface area contributed by atoms with Gasteiger partial charge in [0.25, 0.3) is 0 Å². The minimum Gasteiger partial charge on any atom is -0.338 e. The lowest BCUT2D eigenvalue weighted by atomic mass is 9.88. The number of carbonyl (C=O) groups is 2. The number of hydrogen-bond donors (Lipinski definition) is 1. The first-order valence-corrected chi connectivity index (χ1v) is 12.8. The van der Waals surface area contributed by atoms with Crippen LogP contribution < -0.4 is 5.32 Å². The Bertz CT molecular complexity index is 795. The Morgan fingerprint density at radius 1 is 1.09 bits per heavy atom. The highest BCUT2D eigenvalue weighted by molar-refractivity contribution is 5.83. The summed E-state index contributed by atoms with van der Waals surface area (Å²) < 4.78 is 0. The van der Waals surface area contributed by atoms with Crippen LogP contribution in [-0.2, 0) is 11.3 Å². The second kappa shape index (κ2) is 10.9. The SMILES string of the molecule is CC(C)C[C@H]1C(=O)N(CC2CCCCC2)C[C@H]2N1CCN(C)N2C(=O)NCc1ccccc1. The summed E-state index contributed by atoms with van der Waals surface area (Å²) in [6, 6.07) is 9.77. The van der Waals surface area contributed by atoms with Gasteiger partial charge in [-0.05, 0) is 36.7 Å². The number of hydrogen-bond acceptors (Lipinski definition) is 4. The number of benzene rings is 1. The van der Waals surface area contributed by atoms with Crippen molar-refractivity contribution < 1.29 is 9.59 Å². The number of likely N-dealkylation sites (N-methyl/N-ethyl adjacent to an activating group) is 1. The Morgan fingerprint density at radius 2 is 1.82 bits per heavy atom. The van der Waals surface area contributed by atoms with Crippen LogP contribution in [0.2, 0.25) is 0 Å². The van der Waals surface area contributed by atoms with Gasteiger partial charge in [-0.15, -0.1) is 0 Å². The quantitative estimate of drug-likeness (QED) is 0.713. The number of amides is 3. The van der Waals surface area contributed by atoms with Gasteiger partial charge in [-0.1, -0.05) is 63.4 Å². The van der Waals surface area contributed by atoms with Crippen molar-refractivity contribution in [3.63, 3.8) is 0 Å². The third-order valence-electron chi connectivity index (χ3n) is 7.49. The van der Waals surface area contributed by atoms with Crippen molar-refractivity contribution in [3.8, 4) is 0 Å². The molecule has 2 atom stereocenters. The Kier molecular flexibility index (Phi) is 7.91. The predicted molar refractivity (Wildman–Crippen MR) is 130 cm³/mol. The third kappa shape index (κ3) is 5.69. The lowest BCUT2D eigenvalue weighted by Gasteiger charge is -2.55. The Labute approximate surface area is 199 Å². The first-order chi connectivity index (χ1) is 15.9. The zero-order valence-corrected chi connectivity index (χ0v) is 20.6. The van der Waals surface area contributed by atoms with Crippen molar-refractivity contribution in [1.82, 2.24) is 25.1 Å². The van der Waals surface area contributed by atoms with Crippen molar-refractivity contribution >= 4 is 11.9 Å². The summed E-state index contributed by atoms with van der Waals surface area (Å²) >= 11 is 0. The van der Waals surface area contributed by atoms with Crippen LogP contribution in [0.5, 0.6) is 0 Å². The van der Waals surface area contributed by atoms with Crippen LogP contribution >= 0.6 is 0 Å². The molecule has 0 bridgehead atoms. The monoisotopic (exact) mass is 455 g/mol. The van der Waals surface area contributed by atoms with Crippen molar-refractivity contribution in [2.45, 2.75) is 71.1 Å². The van der Waals surface area contributed by atoms with Crippen LogP contribution in [0.3, 0.4) is 0 Å². The summed E-state index contributed by atoms with van der Waals surface area (Å²) in [6.45, 7) is 7.83. The summed E-state index contributed by atoms with van der Waals surface area (Å²) in [5, 5.41) is 7.00. The van der Waals surface area contributed by atoms with E-state index >= 15 is 0 Å². The second-order valence-electron chi connectivity index (χ2n) is 10.5. The lowest BCUT2D eigenvalue weighted by Crippen LogP contribution is -2.74. The standard InChI is InChI=1S/C26H41N5O2/c1-20(2)16-23-25(32)29(18-22-12-8-5-9-13-22)19-24-30(23)15-14-28(3)31(24)26(33)27-17-21-10-6-4-7-11-21/h4,6-7,10-11,20,22-24H,5,8-9,12-19H2,1-3H3,(H,27,33)/t23-,24-/m0/s1. The van der Waals surface area contributed by atoms with E-state index in [-0.39, 0.29) is 24.1 Å². The Balaban J connectivity index is 1.52. The van der Waals surface area contributed by atoms with Gasteiger partial charge in [-0.3, -0.25) is 9.69 Å². The normalized spacial score (nSPS) is 25.4. The van der Waals surface area contributed by atoms with Gasteiger partial charge >= 0.3 is 6.03 Å². The molecule has 3 fully saturated rings. The first-order valence-electron chi connectivity index (χ1n) is 12.8. The number of piperazine rings is 1. The molecular formula is C26H41N5O2. The van der Waals surface area contributed by atoms with E-state index < -0.39 is 0 Å². The van der Waals surface area contributed by atoms with Crippen LogP contribution in [0.25, 0.3) is 0 Å².